The Kier molecular flexibility index (Phi) is 5.41. The number of pyridine rings is 1. The predicted octanol–water partition coefficient (Wildman–Crippen LogP) is 8.65. The van der Waals surface area contributed by atoms with Crippen molar-refractivity contribution in [3.8, 4) is 28.2 Å². The highest BCUT2D eigenvalue weighted by Gasteiger charge is 2.14. The van der Waals surface area contributed by atoms with Crippen LogP contribution in [0.4, 0.5) is 11.4 Å². The molecule has 0 aliphatic heterocycles. The Hall–Kier alpha value is -5.22. The second-order valence-corrected chi connectivity index (χ2v) is 9.25. The summed E-state index contributed by atoms with van der Waals surface area (Å²) < 4.78 is 2.02. The van der Waals surface area contributed by atoms with Crippen LogP contribution in [0.2, 0.25) is 0 Å². The van der Waals surface area contributed by atoms with E-state index in [1.165, 1.54) is 0 Å². The van der Waals surface area contributed by atoms with Crippen LogP contribution >= 0.6 is 0 Å². The van der Waals surface area contributed by atoms with E-state index < -0.39 is 0 Å². The lowest BCUT2D eigenvalue weighted by atomic mass is 10.1. The summed E-state index contributed by atoms with van der Waals surface area (Å²) in [6.07, 6.45) is 0. The first kappa shape index (κ1) is 22.0. The molecule has 0 bridgehead atoms. The van der Waals surface area contributed by atoms with Crippen molar-refractivity contribution in [3.63, 3.8) is 0 Å². The van der Waals surface area contributed by atoms with Crippen molar-refractivity contribution < 1.29 is 0 Å². The van der Waals surface area contributed by atoms with Gasteiger partial charge in [0.2, 0.25) is 0 Å². The van der Waals surface area contributed by atoms with Crippen LogP contribution < -0.4 is 5.32 Å². The third-order valence-electron chi connectivity index (χ3n) is 6.82. The molecule has 7 rings (SSSR count). The molecule has 180 valence electrons. The molecule has 5 aromatic carbocycles. The van der Waals surface area contributed by atoms with Crippen molar-refractivity contribution in [2.75, 3.05) is 5.32 Å². The minimum atomic E-state index is 0.930. The summed E-state index contributed by atoms with van der Waals surface area (Å²) in [6, 6.07) is 47.8. The zero-order valence-corrected chi connectivity index (χ0v) is 20.6. The van der Waals surface area contributed by atoms with Gasteiger partial charge in [-0.05, 0) is 42.5 Å². The summed E-state index contributed by atoms with van der Waals surface area (Å²) in [5, 5.41) is 10.9. The molecule has 4 heteroatoms. The Balaban J connectivity index is 1.27. The molecule has 0 atom stereocenters. The molecule has 1 N–H and O–H groups in total. The van der Waals surface area contributed by atoms with Gasteiger partial charge in [0.15, 0.2) is 0 Å². The number of hydrogen-bond donors (Lipinski definition) is 1. The molecule has 0 radical (unpaired) electrons. The molecular weight excluding hydrogens is 464 g/mol. The fourth-order valence-corrected chi connectivity index (χ4v) is 4.95. The zero-order valence-electron chi connectivity index (χ0n) is 20.6. The van der Waals surface area contributed by atoms with Gasteiger partial charge in [0.1, 0.15) is 0 Å². The third kappa shape index (κ3) is 3.98. The first-order chi connectivity index (χ1) is 18.8. The van der Waals surface area contributed by atoms with E-state index in [-0.39, 0.29) is 0 Å². The standard InChI is InChI=1S/C34H24N4/c1-3-11-25(12-4-1)33-23-32(37-38(33)27-13-5-2-6-14-27)24-19-21-26(22-20-24)35-34-28-15-7-9-17-30(28)36-31-18-10-8-16-29(31)34/h1-23H,(H,35,36). The number of benzene rings is 5. The molecule has 0 amide bonds. The average molecular weight is 489 g/mol. The van der Waals surface area contributed by atoms with Gasteiger partial charge in [0.25, 0.3) is 0 Å². The van der Waals surface area contributed by atoms with E-state index in [2.05, 4.69) is 108 Å². The quantitative estimate of drug-likeness (QED) is 0.247. The van der Waals surface area contributed by atoms with Gasteiger partial charge in [-0.25, -0.2) is 9.67 Å². The lowest BCUT2D eigenvalue weighted by Gasteiger charge is -2.13. The van der Waals surface area contributed by atoms with E-state index in [4.69, 9.17) is 10.1 Å². The van der Waals surface area contributed by atoms with Crippen LogP contribution in [-0.2, 0) is 0 Å². The Bertz CT molecular complexity index is 1760. The van der Waals surface area contributed by atoms with E-state index in [9.17, 15) is 0 Å². The van der Waals surface area contributed by atoms with Gasteiger partial charge in [-0.15, -0.1) is 0 Å². The molecule has 0 saturated heterocycles. The van der Waals surface area contributed by atoms with Crippen molar-refractivity contribution in [2.24, 2.45) is 0 Å². The maximum absolute atomic E-state index is 5.01. The molecule has 7 aromatic rings. The summed E-state index contributed by atoms with van der Waals surface area (Å²) in [7, 11) is 0. The monoisotopic (exact) mass is 488 g/mol. The summed E-state index contributed by atoms with van der Waals surface area (Å²) in [6.45, 7) is 0. The van der Waals surface area contributed by atoms with Crippen molar-refractivity contribution in [1.29, 1.82) is 0 Å². The number of nitrogens with one attached hydrogen (secondary N) is 1. The summed E-state index contributed by atoms with van der Waals surface area (Å²) in [4.78, 5) is 4.84. The van der Waals surface area contributed by atoms with E-state index in [1.54, 1.807) is 0 Å². The average Bonchev–Trinajstić information content (AvgIpc) is 3.44. The van der Waals surface area contributed by atoms with Gasteiger partial charge >= 0.3 is 0 Å². The second-order valence-electron chi connectivity index (χ2n) is 9.25. The molecule has 0 aliphatic carbocycles. The molecule has 0 saturated carbocycles. The maximum atomic E-state index is 5.01. The molecule has 4 nitrogen and oxygen atoms in total. The highest BCUT2D eigenvalue weighted by Crippen LogP contribution is 2.34. The van der Waals surface area contributed by atoms with Gasteiger partial charge < -0.3 is 5.32 Å². The van der Waals surface area contributed by atoms with Crippen molar-refractivity contribution in [3.05, 3.63) is 140 Å². The second kappa shape index (κ2) is 9.34. The van der Waals surface area contributed by atoms with Crippen LogP contribution in [0, 0.1) is 0 Å². The highest BCUT2D eigenvalue weighted by molar-refractivity contribution is 6.08. The van der Waals surface area contributed by atoms with E-state index in [0.29, 0.717) is 0 Å². The van der Waals surface area contributed by atoms with E-state index >= 15 is 0 Å². The van der Waals surface area contributed by atoms with Gasteiger partial charge in [-0.2, -0.15) is 5.10 Å². The summed E-state index contributed by atoms with van der Waals surface area (Å²) >= 11 is 0. The number of para-hydroxylation sites is 3. The van der Waals surface area contributed by atoms with Gasteiger partial charge in [-0.3, -0.25) is 0 Å². The molecule has 0 fully saturated rings. The van der Waals surface area contributed by atoms with Crippen LogP contribution in [-0.4, -0.2) is 14.8 Å². The number of aromatic nitrogens is 3. The molecule has 0 aliphatic rings. The number of anilines is 2. The lowest BCUT2D eigenvalue weighted by molar-refractivity contribution is 0.892. The summed E-state index contributed by atoms with van der Waals surface area (Å²) in [5.74, 6) is 0. The first-order valence-corrected chi connectivity index (χ1v) is 12.7. The van der Waals surface area contributed by atoms with Crippen LogP contribution in [0.3, 0.4) is 0 Å². The smallest absolute Gasteiger partial charge is 0.0934 e. The number of nitrogens with zero attached hydrogens (tertiary/aromatic N) is 3. The van der Waals surface area contributed by atoms with Crippen LogP contribution in [0.1, 0.15) is 0 Å². The number of hydrogen-bond acceptors (Lipinski definition) is 3. The largest absolute Gasteiger partial charge is 0.354 e. The van der Waals surface area contributed by atoms with Gasteiger partial charge in [0.05, 0.1) is 33.8 Å². The SMILES string of the molecule is c1ccc(-c2cc(-c3ccc(Nc4c5ccccc5nc5ccccc45)cc3)nn2-c2ccccc2)cc1. The first-order valence-electron chi connectivity index (χ1n) is 12.7. The Labute approximate surface area is 220 Å². The molecule has 0 spiro atoms. The third-order valence-corrected chi connectivity index (χ3v) is 6.82. The minimum absolute atomic E-state index is 0.930. The number of fused-ring (bicyclic) bond motifs is 2. The Morgan fingerprint density at radius 2 is 1.11 bits per heavy atom. The molecule has 0 unspecified atom stereocenters. The Morgan fingerprint density at radius 1 is 0.526 bits per heavy atom. The normalized spacial score (nSPS) is 11.2. The fourth-order valence-electron chi connectivity index (χ4n) is 4.95. The van der Waals surface area contributed by atoms with Crippen LogP contribution in [0.5, 0.6) is 0 Å². The molecular formula is C34H24N4. The topological polar surface area (TPSA) is 42.7 Å². The highest BCUT2D eigenvalue weighted by atomic mass is 15.3. The molecule has 2 aromatic heterocycles. The van der Waals surface area contributed by atoms with E-state index in [1.807, 2.05) is 41.1 Å². The zero-order chi connectivity index (χ0) is 25.3. The molecule has 38 heavy (non-hydrogen) atoms. The summed E-state index contributed by atoms with van der Waals surface area (Å²) in [5.41, 5.74) is 9.25. The lowest BCUT2D eigenvalue weighted by Crippen LogP contribution is -1.98. The van der Waals surface area contributed by atoms with Crippen LogP contribution in [0.25, 0.3) is 50.0 Å². The Morgan fingerprint density at radius 3 is 1.76 bits per heavy atom. The van der Waals surface area contributed by atoms with Crippen molar-refractivity contribution >= 4 is 33.2 Å². The fraction of sp³-hybridized carbons (Fsp3) is 0. The van der Waals surface area contributed by atoms with Gasteiger partial charge in [0, 0.05) is 27.6 Å². The predicted molar refractivity (Wildman–Crippen MR) is 157 cm³/mol. The van der Waals surface area contributed by atoms with E-state index in [0.717, 1.165) is 61.4 Å². The van der Waals surface area contributed by atoms with Crippen LogP contribution in [0.15, 0.2) is 140 Å². The van der Waals surface area contributed by atoms with Crippen molar-refractivity contribution in [1.82, 2.24) is 14.8 Å². The van der Waals surface area contributed by atoms with Crippen molar-refractivity contribution in [2.45, 2.75) is 0 Å². The minimum Gasteiger partial charge on any atom is -0.354 e. The van der Waals surface area contributed by atoms with Gasteiger partial charge in [-0.1, -0.05) is 97.1 Å². The molecule has 2 heterocycles. The maximum Gasteiger partial charge on any atom is 0.0934 e. The number of rotatable bonds is 5.